The van der Waals surface area contributed by atoms with Crippen molar-refractivity contribution in [2.75, 3.05) is 0 Å². The van der Waals surface area contributed by atoms with Gasteiger partial charge in [-0.1, -0.05) is 17.7 Å². The molecule has 0 amide bonds. The van der Waals surface area contributed by atoms with Crippen LogP contribution in [0.25, 0.3) is 0 Å². The average molecular weight is 238 g/mol. The maximum atomic E-state index is 11.4. The van der Waals surface area contributed by atoms with Gasteiger partial charge in [0, 0.05) is 11.8 Å². The number of hydrogen-bond donors (Lipinski definition) is 0. The molecule has 82 valence electrons. The Morgan fingerprint density at radius 1 is 1.44 bits per heavy atom. The van der Waals surface area contributed by atoms with Gasteiger partial charge in [-0.2, -0.15) is 0 Å². The van der Waals surface area contributed by atoms with Crippen LogP contribution in [0.3, 0.4) is 0 Å². The third kappa shape index (κ3) is 2.61. The molecule has 0 N–H and O–H groups in total. The van der Waals surface area contributed by atoms with E-state index >= 15 is 0 Å². The lowest BCUT2D eigenvalue weighted by Crippen LogP contribution is -2.03. The summed E-state index contributed by atoms with van der Waals surface area (Å²) < 4.78 is 9.80. The van der Waals surface area contributed by atoms with Crippen LogP contribution in [0.4, 0.5) is 0 Å². The number of esters is 1. The molecular weight excluding hydrogens is 230 g/mol. The Hall–Kier alpha value is -1.81. The largest absolute Gasteiger partial charge is 0.472 e. The minimum Gasteiger partial charge on any atom is -0.472 e. The highest BCUT2D eigenvalue weighted by molar-refractivity contribution is 6.29. The number of pyridine rings is 1. The zero-order chi connectivity index (χ0) is 11.4. The van der Waals surface area contributed by atoms with Crippen molar-refractivity contribution in [2.24, 2.45) is 0 Å². The molecule has 0 atom stereocenters. The van der Waals surface area contributed by atoms with Crippen molar-refractivity contribution in [1.29, 1.82) is 0 Å². The number of carbonyl (C=O) groups is 1. The van der Waals surface area contributed by atoms with Crippen molar-refractivity contribution in [3.8, 4) is 0 Å². The molecule has 0 unspecified atom stereocenters. The van der Waals surface area contributed by atoms with Crippen LogP contribution in [0.5, 0.6) is 0 Å². The predicted octanol–water partition coefficient (Wildman–Crippen LogP) is 2.69. The molecule has 0 aliphatic carbocycles. The van der Waals surface area contributed by atoms with E-state index in [4.69, 9.17) is 20.8 Å². The second-order valence-corrected chi connectivity index (χ2v) is 3.46. The van der Waals surface area contributed by atoms with E-state index in [0.717, 1.165) is 5.56 Å². The number of halogens is 1. The van der Waals surface area contributed by atoms with Crippen LogP contribution in [0, 0.1) is 0 Å². The topological polar surface area (TPSA) is 52.3 Å². The second kappa shape index (κ2) is 4.81. The molecule has 16 heavy (non-hydrogen) atoms. The van der Waals surface area contributed by atoms with E-state index in [2.05, 4.69) is 4.98 Å². The molecule has 2 aromatic heterocycles. The summed E-state index contributed by atoms with van der Waals surface area (Å²) in [4.78, 5) is 15.3. The van der Waals surface area contributed by atoms with E-state index < -0.39 is 5.97 Å². The monoisotopic (exact) mass is 237 g/mol. The predicted molar refractivity (Wildman–Crippen MR) is 57.1 cm³/mol. The van der Waals surface area contributed by atoms with Gasteiger partial charge in [-0.05, 0) is 12.1 Å². The Bertz CT molecular complexity index is 464. The van der Waals surface area contributed by atoms with Crippen LogP contribution in [-0.4, -0.2) is 11.0 Å². The van der Waals surface area contributed by atoms with Crippen LogP contribution in [-0.2, 0) is 11.3 Å². The van der Waals surface area contributed by atoms with Crippen LogP contribution >= 0.6 is 11.6 Å². The third-order valence-corrected chi connectivity index (χ3v) is 2.14. The summed E-state index contributed by atoms with van der Waals surface area (Å²) in [5.74, 6) is -0.427. The fourth-order valence-electron chi connectivity index (χ4n) is 1.10. The third-order valence-electron chi connectivity index (χ3n) is 1.92. The Kier molecular flexibility index (Phi) is 3.22. The molecule has 0 aliphatic rings. The van der Waals surface area contributed by atoms with E-state index in [0.29, 0.717) is 10.7 Å². The van der Waals surface area contributed by atoms with Crippen molar-refractivity contribution in [3.63, 3.8) is 0 Å². The van der Waals surface area contributed by atoms with Gasteiger partial charge < -0.3 is 9.15 Å². The minimum atomic E-state index is -0.427. The van der Waals surface area contributed by atoms with Gasteiger partial charge in [0.15, 0.2) is 0 Å². The van der Waals surface area contributed by atoms with Crippen LogP contribution in [0.15, 0.2) is 41.3 Å². The van der Waals surface area contributed by atoms with Gasteiger partial charge in [-0.3, -0.25) is 0 Å². The van der Waals surface area contributed by atoms with Gasteiger partial charge >= 0.3 is 5.97 Å². The normalized spacial score (nSPS) is 10.1. The summed E-state index contributed by atoms with van der Waals surface area (Å²) in [5.41, 5.74) is 1.17. The molecule has 2 rings (SSSR count). The maximum absolute atomic E-state index is 11.4. The van der Waals surface area contributed by atoms with Crippen LogP contribution in [0.2, 0.25) is 5.15 Å². The summed E-state index contributed by atoms with van der Waals surface area (Å²) in [7, 11) is 0. The van der Waals surface area contributed by atoms with E-state index in [1.807, 2.05) is 0 Å². The fourth-order valence-corrected chi connectivity index (χ4v) is 1.22. The zero-order valence-corrected chi connectivity index (χ0v) is 8.98. The molecular formula is C11H8ClNO3. The Morgan fingerprint density at radius 2 is 2.31 bits per heavy atom. The SMILES string of the molecule is O=C(OCc1ccc(Cl)nc1)c1ccoc1. The molecule has 0 aromatic carbocycles. The first-order chi connectivity index (χ1) is 7.75. The summed E-state index contributed by atoms with van der Waals surface area (Å²) in [6.45, 7) is 0.161. The Balaban J connectivity index is 1.93. The van der Waals surface area contributed by atoms with E-state index in [9.17, 15) is 4.79 Å². The van der Waals surface area contributed by atoms with Gasteiger partial charge in [0.25, 0.3) is 0 Å². The van der Waals surface area contributed by atoms with Crippen molar-refractivity contribution in [2.45, 2.75) is 6.61 Å². The first kappa shape index (κ1) is 10.7. The van der Waals surface area contributed by atoms with Crippen molar-refractivity contribution in [1.82, 2.24) is 4.98 Å². The summed E-state index contributed by atoms with van der Waals surface area (Å²) in [6, 6.07) is 4.93. The molecule has 2 heterocycles. The molecule has 0 saturated carbocycles. The summed E-state index contributed by atoms with van der Waals surface area (Å²) in [5, 5.41) is 0.407. The highest BCUT2D eigenvalue weighted by atomic mass is 35.5. The van der Waals surface area contributed by atoms with Crippen molar-refractivity contribution < 1.29 is 13.9 Å². The lowest BCUT2D eigenvalue weighted by Gasteiger charge is -2.02. The van der Waals surface area contributed by atoms with Crippen molar-refractivity contribution in [3.05, 3.63) is 53.2 Å². The molecule has 4 nitrogen and oxygen atoms in total. The van der Waals surface area contributed by atoms with E-state index in [-0.39, 0.29) is 6.61 Å². The minimum absolute atomic E-state index is 0.161. The Morgan fingerprint density at radius 3 is 2.94 bits per heavy atom. The molecule has 0 spiro atoms. The first-order valence-electron chi connectivity index (χ1n) is 4.55. The number of aromatic nitrogens is 1. The number of carbonyl (C=O) groups excluding carboxylic acids is 1. The number of hydrogen-bond acceptors (Lipinski definition) is 4. The average Bonchev–Trinajstić information content (AvgIpc) is 2.81. The molecule has 2 aromatic rings. The molecule has 0 saturated heterocycles. The quantitative estimate of drug-likeness (QED) is 0.608. The smallest absolute Gasteiger partial charge is 0.341 e. The van der Waals surface area contributed by atoms with Gasteiger partial charge in [-0.25, -0.2) is 9.78 Å². The van der Waals surface area contributed by atoms with E-state index in [1.165, 1.54) is 12.5 Å². The fraction of sp³-hybridized carbons (Fsp3) is 0.0909. The zero-order valence-electron chi connectivity index (χ0n) is 8.22. The van der Waals surface area contributed by atoms with Gasteiger partial charge in [-0.15, -0.1) is 0 Å². The van der Waals surface area contributed by atoms with Crippen LogP contribution in [0.1, 0.15) is 15.9 Å². The summed E-state index contributed by atoms with van der Waals surface area (Å²) in [6.07, 6.45) is 4.31. The van der Waals surface area contributed by atoms with Crippen LogP contribution < -0.4 is 0 Å². The number of ether oxygens (including phenoxy) is 1. The lowest BCUT2D eigenvalue weighted by atomic mass is 10.3. The van der Waals surface area contributed by atoms with E-state index in [1.54, 1.807) is 24.4 Å². The van der Waals surface area contributed by atoms with Gasteiger partial charge in [0.05, 0.1) is 11.8 Å². The second-order valence-electron chi connectivity index (χ2n) is 3.08. The molecule has 0 bridgehead atoms. The standard InChI is InChI=1S/C11H8ClNO3/c12-10-2-1-8(5-13-10)6-16-11(14)9-3-4-15-7-9/h1-5,7H,6H2. The van der Waals surface area contributed by atoms with Gasteiger partial charge in [0.2, 0.25) is 0 Å². The summed E-state index contributed by atoms with van der Waals surface area (Å²) >= 11 is 5.62. The Labute approximate surface area is 96.8 Å². The maximum Gasteiger partial charge on any atom is 0.341 e. The first-order valence-corrected chi connectivity index (χ1v) is 4.93. The number of rotatable bonds is 3. The van der Waals surface area contributed by atoms with Crippen molar-refractivity contribution >= 4 is 17.6 Å². The molecule has 0 fully saturated rings. The molecule has 5 heteroatoms. The molecule has 0 radical (unpaired) electrons. The number of nitrogens with zero attached hydrogens (tertiary/aromatic N) is 1. The number of furan rings is 1. The highest BCUT2D eigenvalue weighted by Gasteiger charge is 2.08. The highest BCUT2D eigenvalue weighted by Crippen LogP contribution is 2.08. The molecule has 0 aliphatic heterocycles. The lowest BCUT2D eigenvalue weighted by molar-refractivity contribution is 0.0471. The van der Waals surface area contributed by atoms with Gasteiger partial charge in [0.1, 0.15) is 18.0 Å².